The maximum atomic E-state index is 13.6. The summed E-state index contributed by atoms with van der Waals surface area (Å²) in [6, 6.07) is 6.74. The van der Waals surface area contributed by atoms with Crippen molar-refractivity contribution in [3.63, 3.8) is 0 Å². The van der Waals surface area contributed by atoms with Crippen LogP contribution in [0, 0.1) is 25.5 Å². The van der Waals surface area contributed by atoms with Gasteiger partial charge in [0.15, 0.2) is 5.78 Å². The van der Waals surface area contributed by atoms with Gasteiger partial charge in [-0.1, -0.05) is 12.1 Å². The van der Waals surface area contributed by atoms with Crippen LogP contribution in [0.15, 0.2) is 30.3 Å². The Morgan fingerprint density at radius 2 is 1.68 bits per heavy atom. The van der Waals surface area contributed by atoms with Crippen molar-refractivity contribution in [1.82, 2.24) is 0 Å². The number of nitrogens with two attached hydrogens (primary N) is 1. The van der Waals surface area contributed by atoms with Crippen molar-refractivity contribution in [1.29, 1.82) is 0 Å². The Morgan fingerprint density at radius 1 is 1.00 bits per heavy atom. The number of benzene rings is 2. The largest absolute Gasteiger partial charge is 0.396 e. The number of anilines is 1. The third-order valence-corrected chi connectivity index (χ3v) is 3.10. The monoisotopic (exact) mass is 261 g/mol. The Bertz CT molecular complexity index is 665. The Labute approximate surface area is 109 Å². The van der Waals surface area contributed by atoms with Crippen LogP contribution in [-0.2, 0) is 0 Å². The normalized spacial score (nSPS) is 10.5. The van der Waals surface area contributed by atoms with Crippen LogP contribution in [0.4, 0.5) is 14.5 Å². The lowest BCUT2D eigenvalue weighted by molar-refractivity contribution is 0.103. The van der Waals surface area contributed by atoms with E-state index < -0.39 is 17.4 Å². The molecule has 0 saturated carbocycles. The van der Waals surface area contributed by atoms with Crippen LogP contribution in [0.1, 0.15) is 27.0 Å². The zero-order valence-corrected chi connectivity index (χ0v) is 10.6. The number of halogens is 2. The number of carbonyl (C=O) groups excluding carboxylic acids is 1. The van der Waals surface area contributed by atoms with Gasteiger partial charge in [0.1, 0.15) is 11.6 Å². The van der Waals surface area contributed by atoms with Crippen molar-refractivity contribution in [2.75, 3.05) is 5.73 Å². The van der Waals surface area contributed by atoms with E-state index in [2.05, 4.69) is 0 Å². The molecule has 0 atom stereocenters. The second-order valence-corrected chi connectivity index (χ2v) is 4.48. The fourth-order valence-corrected chi connectivity index (χ4v) is 1.78. The molecule has 0 aliphatic rings. The molecule has 0 amide bonds. The number of hydrogen-bond donors (Lipinski definition) is 1. The second-order valence-electron chi connectivity index (χ2n) is 4.48. The maximum absolute atomic E-state index is 13.6. The molecule has 0 heterocycles. The van der Waals surface area contributed by atoms with Gasteiger partial charge in [0.2, 0.25) is 0 Å². The minimum Gasteiger partial charge on any atom is -0.396 e. The summed E-state index contributed by atoms with van der Waals surface area (Å²) in [5.74, 6) is -2.28. The fourth-order valence-electron chi connectivity index (χ4n) is 1.78. The van der Waals surface area contributed by atoms with Gasteiger partial charge in [-0.3, -0.25) is 4.79 Å². The lowest BCUT2D eigenvalue weighted by Gasteiger charge is -2.07. The molecular weight excluding hydrogens is 248 g/mol. The molecule has 0 fully saturated rings. The van der Waals surface area contributed by atoms with E-state index in [1.807, 2.05) is 13.8 Å². The predicted molar refractivity (Wildman–Crippen MR) is 70.1 cm³/mol. The average Bonchev–Trinajstić information content (AvgIpc) is 2.36. The molecule has 19 heavy (non-hydrogen) atoms. The van der Waals surface area contributed by atoms with Gasteiger partial charge < -0.3 is 5.73 Å². The molecule has 4 heteroatoms. The van der Waals surface area contributed by atoms with Crippen LogP contribution in [0.5, 0.6) is 0 Å². The third kappa shape index (κ3) is 2.47. The van der Waals surface area contributed by atoms with E-state index in [1.54, 1.807) is 18.2 Å². The predicted octanol–water partition coefficient (Wildman–Crippen LogP) is 3.39. The minimum absolute atomic E-state index is 0.220. The summed E-state index contributed by atoms with van der Waals surface area (Å²) in [6.45, 7) is 3.78. The van der Waals surface area contributed by atoms with Crippen molar-refractivity contribution < 1.29 is 13.6 Å². The summed E-state index contributed by atoms with van der Waals surface area (Å²) >= 11 is 0. The van der Waals surface area contributed by atoms with Gasteiger partial charge in [0.05, 0.1) is 11.3 Å². The van der Waals surface area contributed by atoms with E-state index in [1.165, 1.54) is 0 Å². The topological polar surface area (TPSA) is 43.1 Å². The molecule has 2 N–H and O–H groups in total. The molecule has 0 saturated heterocycles. The van der Waals surface area contributed by atoms with Crippen LogP contribution in [-0.4, -0.2) is 5.78 Å². The van der Waals surface area contributed by atoms with Gasteiger partial charge >= 0.3 is 0 Å². The lowest BCUT2D eigenvalue weighted by atomic mass is 9.98. The highest BCUT2D eigenvalue weighted by molar-refractivity contribution is 6.09. The first-order chi connectivity index (χ1) is 8.90. The Kier molecular flexibility index (Phi) is 3.34. The molecule has 0 aromatic heterocycles. The molecule has 0 aliphatic carbocycles. The van der Waals surface area contributed by atoms with E-state index in [9.17, 15) is 13.6 Å². The number of nitrogen functional groups attached to an aromatic ring is 1. The first kappa shape index (κ1) is 13.2. The van der Waals surface area contributed by atoms with Crippen LogP contribution >= 0.6 is 0 Å². The lowest BCUT2D eigenvalue weighted by Crippen LogP contribution is -2.07. The maximum Gasteiger partial charge on any atom is 0.196 e. The molecule has 98 valence electrons. The van der Waals surface area contributed by atoms with E-state index in [0.717, 1.165) is 17.2 Å². The second kappa shape index (κ2) is 4.80. The summed E-state index contributed by atoms with van der Waals surface area (Å²) < 4.78 is 26.7. The summed E-state index contributed by atoms with van der Waals surface area (Å²) in [7, 11) is 0. The molecule has 2 aromatic carbocycles. The molecule has 2 rings (SSSR count). The van der Waals surface area contributed by atoms with Crippen LogP contribution < -0.4 is 5.73 Å². The number of hydrogen-bond acceptors (Lipinski definition) is 2. The fraction of sp³-hybridized carbons (Fsp3) is 0.133. The molecule has 0 radical (unpaired) electrons. The van der Waals surface area contributed by atoms with Crippen LogP contribution in [0.3, 0.4) is 0 Å². The van der Waals surface area contributed by atoms with Gasteiger partial charge in [0, 0.05) is 11.6 Å². The van der Waals surface area contributed by atoms with Gasteiger partial charge in [-0.15, -0.1) is 0 Å². The first-order valence-electron chi connectivity index (χ1n) is 5.76. The summed E-state index contributed by atoms with van der Waals surface area (Å²) in [4.78, 5) is 12.2. The highest BCUT2D eigenvalue weighted by Gasteiger charge is 2.17. The minimum atomic E-state index is -0.907. The van der Waals surface area contributed by atoms with Gasteiger partial charge in [-0.2, -0.15) is 0 Å². The molecule has 0 unspecified atom stereocenters. The van der Waals surface area contributed by atoms with E-state index in [-0.39, 0.29) is 11.3 Å². The molecule has 0 bridgehead atoms. The highest BCUT2D eigenvalue weighted by atomic mass is 19.1. The van der Waals surface area contributed by atoms with Crippen molar-refractivity contribution in [3.05, 3.63) is 64.2 Å². The first-order valence-corrected chi connectivity index (χ1v) is 5.76. The van der Waals surface area contributed by atoms with E-state index in [4.69, 9.17) is 5.73 Å². The third-order valence-electron chi connectivity index (χ3n) is 3.10. The summed E-state index contributed by atoms with van der Waals surface area (Å²) in [6.07, 6.45) is 0. The van der Waals surface area contributed by atoms with Crippen LogP contribution in [0.25, 0.3) is 0 Å². The number of carbonyl (C=O) groups is 1. The molecular formula is C15H13F2NO. The Hall–Kier alpha value is -2.23. The van der Waals surface area contributed by atoms with Crippen molar-refractivity contribution in [2.45, 2.75) is 13.8 Å². The Morgan fingerprint density at radius 3 is 2.32 bits per heavy atom. The van der Waals surface area contributed by atoms with Crippen LogP contribution in [0.2, 0.25) is 0 Å². The quantitative estimate of drug-likeness (QED) is 0.665. The zero-order chi connectivity index (χ0) is 14.2. The molecule has 0 spiro atoms. The number of ketones is 1. The summed E-state index contributed by atoms with van der Waals surface area (Å²) in [5.41, 5.74) is 7.23. The van der Waals surface area contributed by atoms with Crippen molar-refractivity contribution in [2.24, 2.45) is 0 Å². The standard InChI is InChI=1S/C15H13F2NO/c1-8-3-4-10(5-9(8)2)15(19)11-6-14(18)13(17)7-12(11)16/h3-7H,18H2,1-2H3. The zero-order valence-electron chi connectivity index (χ0n) is 10.6. The highest BCUT2D eigenvalue weighted by Crippen LogP contribution is 2.21. The van der Waals surface area contributed by atoms with Crippen molar-refractivity contribution >= 4 is 11.5 Å². The van der Waals surface area contributed by atoms with Gasteiger partial charge in [-0.05, 0) is 37.1 Å². The average molecular weight is 261 g/mol. The van der Waals surface area contributed by atoms with E-state index >= 15 is 0 Å². The van der Waals surface area contributed by atoms with Crippen molar-refractivity contribution in [3.8, 4) is 0 Å². The molecule has 2 nitrogen and oxygen atoms in total. The van der Waals surface area contributed by atoms with Gasteiger partial charge in [-0.25, -0.2) is 8.78 Å². The Balaban J connectivity index is 2.49. The molecule has 2 aromatic rings. The molecule has 0 aliphatic heterocycles. The van der Waals surface area contributed by atoms with Gasteiger partial charge in [0.25, 0.3) is 0 Å². The summed E-state index contributed by atoms with van der Waals surface area (Å²) in [5, 5.41) is 0. The smallest absolute Gasteiger partial charge is 0.196 e. The number of aryl methyl sites for hydroxylation is 2. The van der Waals surface area contributed by atoms with E-state index in [0.29, 0.717) is 11.6 Å². The SMILES string of the molecule is Cc1ccc(C(=O)c2cc(N)c(F)cc2F)cc1C. The number of rotatable bonds is 2.